The molecule has 0 aliphatic heterocycles. The van der Waals surface area contributed by atoms with Gasteiger partial charge in [0.2, 0.25) is 0 Å². The molecule has 3 N–H and O–H groups in total. The molecule has 0 saturated carbocycles. The Balaban J connectivity index is 2.58. The van der Waals surface area contributed by atoms with E-state index in [1.165, 1.54) is 6.33 Å². The highest BCUT2D eigenvalue weighted by Gasteiger charge is 2.04. The van der Waals surface area contributed by atoms with Crippen LogP contribution in [0, 0.1) is 0 Å². The number of nitrogen functional groups attached to an aromatic ring is 1. The standard InChI is InChI=1S/C8H14N4S/c1-6(4-13-2)12-8-7(9)3-10-5-11-8/h3,5-6H,4,9H2,1-2H3,(H,10,11,12). The number of hydrogen-bond donors (Lipinski definition) is 2. The molecule has 0 amide bonds. The first kappa shape index (κ1) is 10.1. The Labute approximate surface area is 82.3 Å². The molecule has 72 valence electrons. The Bertz CT molecular complexity index is 266. The lowest BCUT2D eigenvalue weighted by atomic mass is 10.3. The van der Waals surface area contributed by atoms with Crippen LogP contribution in [0.1, 0.15) is 6.92 Å². The molecule has 0 aliphatic rings. The van der Waals surface area contributed by atoms with Crippen LogP contribution >= 0.6 is 11.8 Å². The maximum absolute atomic E-state index is 5.67. The molecular weight excluding hydrogens is 184 g/mol. The second-order valence-corrected chi connectivity index (χ2v) is 3.74. The third-order valence-electron chi connectivity index (χ3n) is 1.54. The second-order valence-electron chi connectivity index (χ2n) is 2.83. The average molecular weight is 198 g/mol. The Morgan fingerprint density at radius 2 is 2.46 bits per heavy atom. The number of hydrogen-bond acceptors (Lipinski definition) is 5. The lowest BCUT2D eigenvalue weighted by Crippen LogP contribution is -2.19. The van der Waals surface area contributed by atoms with Crippen LogP contribution in [0.4, 0.5) is 11.5 Å². The van der Waals surface area contributed by atoms with Crippen LogP contribution in [0.3, 0.4) is 0 Å². The van der Waals surface area contributed by atoms with E-state index >= 15 is 0 Å². The summed E-state index contributed by atoms with van der Waals surface area (Å²) >= 11 is 1.79. The molecule has 0 bridgehead atoms. The average Bonchev–Trinajstić information content (AvgIpc) is 2.09. The third kappa shape index (κ3) is 3.10. The lowest BCUT2D eigenvalue weighted by Gasteiger charge is -2.13. The monoisotopic (exact) mass is 198 g/mol. The fourth-order valence-corrected chi connectivity index (χ4v) is 1.57. The normalized spacial score (nSPS) is 12.5. The van der Waals surface area contributed by atoms with Gasteiger partial charge in [0.25, 0.3) is 0 Å². The molecule has 1 aromatic heterocycles. The molecule has 0 saturated heterocycles. The highest BCUT2D eigenvalue weighted by molar-refractivity contribution is 7.98. The van der Waals surface area contributed by atoms with E-state index in [1.807, 2.05) is 0 Å². The van der Waals surface area contributed by atoms with Crippen molar-refractivity contribution >= 4 is 23.3 Å². The van der Waals surface area contributed by atoms with Gasteiger partial charge in [0, 0.05) is 11.8 Å². The van der Waals surface area contributed by atoms with Crippen molar-refractivity contribution in [2.75, 3.05) is 23.1 Å². The summed E-state index contributed by atoms with van der Waals surface area (Å²) < 4.78 is 0. The zero-order valence-corrected chi connectivity index (χ0v) is 8.64. The summed E-state index contributed by atoms with van der Waals surface area (Å²) in [7, 11) is 0. The molecule has 0 aromatic carbocycles. The predicted octanol–water partition coefficient (Wildman–Crippen LogP) is 1.22. The van der Waals surface area contributed by atoms with Gasteiger partial charge in [-0.15, -0.1) is 0 Å². The number of rotatable bonds is 4. The minimum absolute atomic E-state index is 0.368. The number of thioether (sulfide) groups is 1. The van der Waals surface area contributed by atoms with E-state index in [0.717, 1.165) is 11.6 Å². The molecule has 13 heavy (non-hydrogen) atoms. The van der Waals surface area contributed by atoms with Gasteiger partial charge in [-0.25, -0.2) is 9.97 Å². The molecule has 1 heterocycles. The van der Waals surface area contributed by atoms with Crippen molar-refractivity contribution in [2.45, 2.75) is 13.0 Å². The molecule has 0 fully saturated rings. The molecule has 4 nitrogen and oxygen atoms in total. The van der Waals surface area contributed by atoms with E-state index in [0.29, 0.717) is 11.7 Å². The summed E-state index contributed by atoms with van der Waals surface area (Å²) in [4.78, 5) is 7.86. The van der Waals surface area contributed by atoms with Gasteiger partial charge in [0.05, 0.1) is 11.9 Å². The van der Waals surface area contributed by atoms with E-state index in [2.05, 4.69) is 28.5 Å². The molecule has 0 aliphatic carbocycles. The first-order valence-electron chi connectivity index (χ1n) is 4.05. The van der Waals surface area contributed by atoms with Crippen LogP contribution in [0.2, 0.25) is 0 Å². The zero-order chi connectivity index (χ0) is 9.68. The summed E-state index contributed by atoms with van der Waals surface area (Å²) in [6.45, 7) is 2.10. The van der Waals surface area contributed by atoms with E-state index < -0.39 is 0 Å². The van der Waals surface area contributed by atoms with E-state index in [9.17, 15) is 0 Å². The summed E-state index contributed by atoms with van der Waals surface area (Å²) in [5, 5.41) is 3.21. The summed E-state index contributed by atoms with van der Waals surface area (Å²) in [5.74, 6) is 1.75. The van der Waals surface area contributed by atoms with Crippen molar-refractivity contribution < 1.29 is 0 Å². The van der Waals surface area contributed by atoms with E-state index in [1.54, 1.807) is 18.0 Å². The van der Waals surface area contributed by atoms with Crippen LogP contribution in [0.15, 0.2) is 12.5 Å². The van der Waals surface area contributed by atoms with Crippen LogP contribution in [0.5, 0.6) is 0 Å². The Hall–Kier alpha value is -0.970. The maximum Gasteiger partial charge on any atom is 0.152 e. The zero-order valence-electron chi connectivity index (χ0n) is 7.82. The van der Waals surface area contributed by atoms with Gasteiger partial charge in [0.15, 0.2) is 5.82 Å². The van der Waals surface area contributed by atoms with Gasteiger partial charge in [-0.2, -0.15) is 11.8 Å². The molecular formula is C8H14N4S. The number of anilines is 2. The van der Waals surface area contributed by atoms with Crippen molar-refractivity contribution in [3.63, 3.8) is 0 Å². The number of nitrogens with two attached hydrogens (primary N) is 1. The Morgan fingerprint density at radius 3 is 3.08 bits per heavy atom. The largest absolute Gasteiger partial charge is 0.394 e. The highest BCUT2D eigenvalue weighted by atomic mass is 32.2. The molecule has 1 unspecified atom stereocenters. The lowest BCUT2D eigenvalue weighted by molar-refractivity contribution is 0.901. The molecule has 1 rings (SSSR count). The minimum atomic E-state index is 0.368. The van der Waals surface area contributed by atoms with Crippen LogP contribution in [0.25, 0.3) is 0 Å². The first-order chi connectivity index (χ1) is 6.24. The fourth-order valence-electron chi connectivity index (χ4n) is 0.986. The van der Waals surface area contributed by atoms with Gasteiger partial charge in [-0.05, 0) is 13.2 Å². The van der Waals surface area contributed by atoms with Crippen molar-refractivity contribution in [1.29, 1.82) is 0 Å². The quantitative estimate of drug-likeness (QED) is 0.761. The van der Waals surface area contributed by atoms with Crippen molar-refractivity contribution in [1.82, 2.24) is 9.97 Å². The molecule has 1 atom stereocenters. The summed E-state index contributed by atoms with van der Waals surface area (Å²) in [6.07, 6.45) is 5.16. The van der Waals surface area contributed by atoms with Gasteiger partial charge >= 0.3 is 0 Å². The highest BCUT2D eigenvalue weighted by Crippen LogP contribution is 2.13. The predicted molar refractivity (Wildman–Crippen MR) is 57.9 cm³/mol. The third-order valence-corrected chi connectivity index (χ3v) is 2.37. The molecule has 0 radical (unpaired) electrons. The fraction of sp³-hybridized carbons (Fsp3) is 0.500. The summed E-state index contributed by atoms with van der Waals surface area (Å²) in [5.41, 5.74) is 6.26. The van der Waals surface area contributed by atoms with Gasteiger partial charge < -0.3 is 11.1 Å². The van der Waals surface area contributed by atoms with E-state index in [-0.39, 0.29) is 0 Å². The second kappa shape index (κ2) is 4.91. The van der Waals surface area contributed by atoms with Crippen molar-refractivity contribution in [3.05, 3.63) is 12.5 Å². The van der Waals surface area contributed by atoms with Crippen LogP contribution < -0.4 is 11.1 Å². The SMILES string of the molecule is CSCC(C)Nc1ncncc1N. The molecule has 5 heteroatoms. The number of nitrogens with one attached hydrogen (secondary N) is 1. The van der Waals surface area contributed by atoms with Gasteiger partial charge in [-0.3, -0.25) is 0 Å². The first-order valence-corrected chi connectivity index (χ1v) is 5.44. The topological polar surface area (TPSA) is 63.8 Å². The van der Waals surface area contributed by atoms with Crippen LogP contribution in [-0.2, 0) is 0 Å². The summed E-state index contributed by atoms with van der Waals surface area (Å²) in [6, 6.07) is 0.368. The van der Waals surface area contributed by atoms with Crippen molar-refractivity contribution in [2.24, 2.45) is 0 Å². The molecule has 1 aromatic rings. The minimum Gasteiger partial charge on any atom is -0.394 e. The Morgan fingerprint density at radius 1 is 1.69 bits per heavy atom. The van der Waals surface area contributed by atoms with Gasteiger partial charge in [0.1, 0.15) is 6.33 Å². The molecule has 0 spiro atoms. The smallest absolute Gasteiger partial charge is 0.152 e. The number of aromatic nitrogens is 2. The maximum atomic E-state index is 5.67. The number of nitrogens with zero attached hydrogens (tertiary/aromatic N) is 2. The Kier molecular flexibility index (Phi) is 3.82. The van der Waals surface area contributed by atoms with Gasteiger partial charge in [-0.1, -0.05) is 0 Å². The van der Waals surface area contributed by atoms with Crippen molar-refractivity contribution in [3.8, 4) is 0 Å². The van der Waals surface area contributed by atoms with E-state index in [4.69, 9.17) is 5.73 Å². The van der Waals surface area contributed by atoms with Crippen LogP contribution in [-0.4, -0.2) is 28.0 Å².